The molecular formula is C9H7Cl2N3O6S2. The number of hydrogen-bond donors (Lipinski definition) is 3. The third kappa shape index (κ3) is 3.51. The standard InChI is InChI=1S/C9H7Cl2N3O6S2/c10-9-7(4-12-14(11)13-9)6-3-5(21(15,16)17)1-2-8(6)22(18,19)20/h1-4,13H,(H,15,16,17)(H,18,19,20). The number of nitrogens with zero attached hydrogens (tertiary/aromatic N) is 2. The second-order valence-electron chi connectivity index (χ2n) is 3.95. The molecule has 0 unspecified atom stereocenters. The van der Waals surface area contributed by atoms with Crippen LogP contribution in [0.5, 0.6) is 0 Å². The van der Waals surface area contributed by atoms with E-state index in [-0.39, 0.29) is 16.3 Å². The Morgan fingerprint density at radius 3 is 2.27 bits per heavy atom. The average Bonchev–Trinajstić information content (AvgIpc) is 2.36. The molecule has 0 aromatic heterocycles. The zero-order valence-electron chi connectivity index (χ0n) is 10.3. The van der Waals surface area contributed by atoms with Gasteiger partial charge in [0.15, 0.2) is 0 Å². The Morgan fingerprint density at radius 2 is 1.77 bits per heavy atom. The van der Waals surface area contributed by atoms with Gasteiger partial charge < -0.3 is 0 Å². The van der Waals surface area contributed by atoms with Crippen LogP contribution in [0.1, 0.15) is 5.56 Å². The summed E-state index contributed by atoms with van der Waals surface area (Å²) in [5, 5.41) is 3.41. The molecule has 1 aliphatic rings. The average molecular weight is 388 g/mol. The first-order valence-corrected chi connectivity index (χ1v) is 8.85. The molecule has 2 rings (SSSR count). The summed E-state index contributed by atoms with van der Waals surface area (Å²) in [4.78, 5) is -1.21. The Morgan fingerprint density at radius 1 is 1.14 bits per heavy atom. The summed E-state index contributed by atoms with van der Waals surface area (Å²) in [5.74, 6) is 0. The molecule has 0 saturated heterocycles. The van der Waals surface area contributed by atoms with Crippen LogP contribution >= 0.6 is 23.4 Å². The van der Waals surface area contributed by atoms with Gasteiger partial charge >= 0.3 is 0 Å². The molecule has 13 heteroatoms. The van der Waals surface area contributed by atoms with Crippen molar-refractivity contribution in [1.82, 2.24) is 10.1 Å². The molecule has 120 valence electrons. The maximum absolute atomic E-state index is 11.4. The molecular weight excluding hydrogens is 381 g/mol. The van der Waals surface area contributed by atoms with Gasteiger partial charge in [-0.3, -0.25) is 14.5 Å². The van der Waals surface area contributed by atoms with E-state index in [1.807, 2.05) is 0 Å². The second kappa shape index (κ2) is 5.68. The van der Waals surface area contributed by atoms with Gasteiger partial charge in [-0.25, -0.2) is 0 Å². The van der Waals surface area contributed by atoms with E-state index in [4.69, 9.17) is 27.9 Å². The zero-order chi connectivity index (χ0) is 16.7. The second-order valence-corrected chi connectivity index (χ2v) is 7.46. The lowest BCUT2D eigenvalue weighted by Gasteiger charge is -2.19. The third-order valence-electron chi connectivity index (χ3n) is 2.53. The number of hydrogen-bond acceptors (Lipinski definition) is 7. The fourth-order valence-electron chi connectivity index (χ4n) is 1.63. The van der Waals surface area contributed by atoms with Crippen molar-refractivity contribution in [1.29, 1.82) is 0 Å². The van der Waals surface area contributed by atoms with Gasteiger partial charge in [-0.1, -0.05) is 11.6 Å². The number of nitrogens with one attached hydrogen (secondary N) is 1. The summed E-state index contributed by atoms with van der Waals surface area (Å²) in [6.45, 7) is 0. The Kier molecular flexibility index (Phi) is 4.39. The van der Waals surface area contributed by atoms with Crippen molar-refractivity contribution >= 4 is 55.4 Å². The van der Waals surface area contributed by atoms with Gasteiger partial charge in [-0.2, -0.15) is 16.8 Å². The Hall–Kier alpha value is -1.37. The maximum atomic E-state index is 11.4. The molecule has 0 radical (unpaired) electrons. The minimum absolute atomic E-state index is 0.0586. The highest BCUT2D eigenvalue weighted by Crippen LogP contribution is 2.30. The number of benzene rings is 1. The van der Waals surface area contributed by atoms with Crippen LogP contribution in [0.4, 0.5) is 0 Å². The van der Waals surface area contributed by atoms with Crippen LogP contribution in [0.15, 0.2) is 38.2 Å². The molecule has 22 heavy (non-hydrogen) atoms. The Bertz CT molecular complexity index is 894. The highest BCUT2D eigenvalue weighted by Gasteiger charge is 2.24. The van der Waals surface area contributed by atoms with Gasteiger partial charge in [0.1, 0.15) is 10.1 Å². The van der Waals surface area contributed by atoms with E-state index in [1.54, 1.807) is 0 Å². The van der Waals surface area contributed by atoms with E-state index in [0.29, 0.717) is 4.64 Å². The number of hydrazone groups is 1. The first-order valence-electron chi connectivity index (χ1n) is 5.26. The summed E-state index contributed by atoms with van der Waals surface area (Å²) < 4.78 is 64.1. The molecule has 1 aromatic carbocycles. The summed E-state index contributed by atoms with van der Waals surface area (Å²) in [5.41, 5.74) is 1.98. The number of hydrazine groups is 1. The maximum Gasteiger partial charge on any atom is 0.295 e. The quantitative estimate of drug-likeness (QED) is 0.397. The molecule has 1 aliphatic heterocycles. The normalized spacial score (nSPS) is 15.9. The lowest BCUT2D eigenvalue weighted by molar-refractivity contribution is 0.409. The monoisotopic (exact) mass is 387 g/mol. The molecule has 0 spiro atoms. The zero-order valence-corrected chi connectivity index (χ0v) is 13.4. The fraction of sp³-hybridized carbons (Fsp3) is 0. The fourth-order valence-corrected chi connectivity index (χ4v) is 3.22. The van der Waals surface area contributed by atoms with Gasteiger partial charge in [0.05, 0.1) is 22.9 Å². The third-order valence-corrected chi connectivity index (χ3v) is 4.75. The predicted octanol–water partition coefficient (Wildman–Crippen LogP) is 1.05. The molecule has 0 saturated carbocycles. The summed E-state index contributed by atoms with van der Waals surface area (Å²) >= 11 is 11.4. The van der Waals surface area contributed by atoms with E-state index in [1.165, 1.54) is 0 Å². The van der Waals surface area contributed by atoms with Crippen LogP contribution in [-0.4, -0.2) is 36.8 Å². The van der Waals surface area contributed by atoms with Crippen molar-refractivity contribution in [3.8, 4) is 0 Å². The van der Waals surface area contributed by atoms with Crippen LogP contribution in [0.3, 0.4) is 0 Å². The largest absolute Gasteiger partial charge is 0.295 e. The van der Waals surface area contributed by atoms with Gasteiger partial charge in [0, 0.05) is 11.1 Å². The number of halogens is 2. The number of allylic oxidation sites excluding steroid dienone is 1. The molecule has 3 N–H and O–H groups in total. The molecule has 0 aliphatic carbocycles. The Balaban J connectivity index is 2.77. The van der Waals surface area contributed by atoms with Crippen molar-refractivity contribution < 1.29 is 25.9 Å². The minimum Gasteiger partial charge on any atom is -0.282 e. The summed E-state index contributed by atoms with van der Waals surface area (Å²) in [7, 11) is -9.29. The molecule has 0 bridgehead atoms. The van der Waals surface area contributed by atoms with E-state index in [2.05, 4.69) is 10.5 Å². The van der Waals surface area contributed by atoms with Gasteiger partial charge in [-0.05, 0) is 18.2 Å². The van der Waals surface area contributed by atoms with Crippen LogP contribution in [0.25, 0.3) is 5.57 Å². The highest BCUT2D eigenvalue weighted by molar-refractivity contribution is 7.86. The van der Waals surface area contributed by atoms with E-state index in [0.717, 1.165) is 24.4 Å². The van der Waals surface area contributed by atoms with E-state index >= 15 is 0 Å². The SMILES string of the molecule is O=S(=O)(O)c1ccc(S(=O)(=O)O)c(C2=C(Cl)NN(Cl)N=C2)c1. The van der Waals surface area contributed by atoms with Crippen molar-refractivity contribution in [2.24, 2.45) is 5.10 Å². The topological polar surface area (TPSA) is 136 Å². The first kappa shape index (κ1) is 17.0. The minimum atomic E-state index is -4.69. The number of rotatable bonds is 3. The van der Waals surface area contributed by atoms with Crippen LogP contribution in [0.2, 0.25) is 0 Å². The molecule has 0 amide bonds. The van der Waals surface area contributed by atoms with Crippen LogP contribution in [-0.2, 0) is 20.2 Å². The van der Waals surface area contributed by atoms with Crippen LogP contribution in [0, 0.1) is 0 Å². The molecule has 1 heterocycles. The lowest BCUT2D eigenvalue weighted by Crippen LogP contribution is -2.27. The van der Waals surface area contributed by atoms with Crippen molar-refractivity contribution in [3.63, 3.8) is 0 Å². The molecule has 0 fully saturated rings. The lowest BCUT2D eigenvalue weighted by atomic mass is 10.1. The van der Waals surface area contributed by atoms with Gasteiger partial charge in [0.25, 0.3) is 20.2 Å². The first-order chi connectivity index (χ1) is 10.00. The summed E-state index contributed by atoms with van der Waals surface area (Å²) in [6, 6.07) is 2.46. The highest BCUT2D eigenvalue weighted by atomic mass is 35.5. The van der Waals surface area contributed by atoms with Crippen molar-refractivity contribution in [3.05, 3.63) is 28.9 Å². The summed E-state index contributed by atoms with van der Waals surface area (Å²) in [6.07, 6.45) is 1.05. The molecule has 1 aromatic rings. The van der Waals surface area contributed by atoms with E-state index < -0.39 is 30.0 Å². The predicted molar refractivity (Wildman–Crippen MR) is 78.2 cm³/mol. The molecule has 0 atom stereocenters. The van der Waals surface area contributed by atoms with Crippen molar-refractivity contribution in [2.45, 2.75) is 9.79 Å². The molecule has 9 nitrogen and oxygen atoms in total. The Labute approximate surface area is 135 Å². The smallest absolute Gasteiger partial charge is 0.282 e. The van der Waals surface area contributed by atoms with Crippen LogP contribution < -0.4 is 5.43 Å². The van der Waals surface area contributed by atoms with Gasteiger partial charge in [-0.15, -0.1) is 9.74 Å². The van der Waals surface area contributed by atoms with Gasteiger partial charge in [0.2, 0.25) is 0 Å². The van der Waals surface area contributed by atoms with E-state index in [9.17, 15) is 21.4 Å². The van der Waals surface area contributed by atoms with Crippen molar-refractivity contribution in [2.75, 3.05) is 0 Å².